The Hall–Kier alpha value is -3.88. The van der Waals surface area contributed by atoms with E-state index in [9.17, 15) is 14.4 Å². The zero-order valence-electron chi connectivity index (χ0n) is 15.7. The SMILES string of the molecule is CC(=O)c1ccc(NC(=O)COC(=O)[C@H](Cc2ccccc2)n2cnnn2)cc1. The lowest BCUT2D eigenvalue weighted by Gasteiger charge is -2.15. The van der Waals surface area contributed by atoms with Crippen molar-refractivity contribution in [2.75, 3.05) is 11.9 Å². The molecule has 1 amide bonds. The maximum atomic E-state index is 12.6. The molecule has 1 heterocycles. The lowest BCUT2D eigenvalue weighted by atomic mass is 10.1. The molecule has 0 fully saturated rings. The number of esters is 1. The predicted molar refractivity (Wildman–Crippen MR) is 103 cm³/mol. The molecule has 0 saturated heterocycles. The summed E-state index contributed by atoms with van der Waals surface area (Å²) < 4.78 is 6.47. The molecule has 148 valence electrons. The summed E-state index contributed by atoms with van der Waals surface area (Å²) in [5.41, 5.74) is 1.94. The standard InChI is InChI=1S/C20H19N5O4/c1-14(26)16-7-9-17(10-8-16)22-19(27)12-29-20(28)18(25-13-21-23-24-25)11-15-5-3-2-4-6-15/h2-10,13,18H,11-12H2,1H3,(H,22,27)/t18-/m0/s1. The zero-order chi connectivity index (χ0) is 20.6. The van der Waals surface area contributed by atoms with Gasteiger partial charge in [0.1, 0.15) is 6.33 Å². The number of hydrogen-bond acceptors (Lipinski definition) is 7. The Morgan fingerprint density at radius 1 is 1.07 bits per heavy atom. The fraction of sp³-hybridized carbons (Fsp3) is 0.200. The zero-order valence-corrected chi connectivity index (χ0v) is 15.7. The number of aromatic nitrogens is 4. The topological polar surface area (TPSA) is 116 Å². The highest BCUT2D eigenvalue weighted by molar-refractivity contribution is 5.96. The van der Waals surface area contributed by atoms with Gasteiger partial charge in [-0.2, -0.15) is 0 Å². The largest absolute Gasteiger partial charge is 0.454 e. The van der Waals surface area contributed by atoms with Gasteiger partial charge in [-0.05, 0) is 47.2 Å². The Morgan fingerprint density at radius 3 is 2.41 bits per heavy atom. The van der Waals surface area contributed by atoms with Gasteiger partial charge in [0, 0.05) is 17.7 Å². The number of nitrogens with zero attached hydrogens (tertiary/aromatic N) is 4. The van der Waals surface area contributed by atoms with Crippen LogP contribution < -0.4 is 5.32 Å². The number of carbonyl (C=O) groups excluding carboxylic acids is 3. The molecular weight excluding hydrogens is 374 g/mol. The molecule has 0 aliphatic heterocycles. The van der Waals surface area contributed by atoms with E-state index in [2.05, 4.69) is 20.8 Å². The number of anilines is 1. The van der Waals surface area contributed by atoms with Crippen LogP contribution in [-0.2, 0) is 20.7 Å². The van der Waals surface area contributed by atoms with Crippen molar-refractivity contribution >= 4 is 23.3 Å². The number of Topliss-reactive ketones (excluding diaryl/α,β-unsaturated/α-hetero) is 1. The van der Waals surface area contributed by atoms with Crippen molar-refractivity contribution in [1.29, 1.82) is 0 Å². The number of tetrazole rings is 1. The third kappa shape index (κ3) is 5.55. The van der Waals surface area contributed by atoms with Crippen LogP contribution in [0, 0.1) is 0 Å². The van der Waals surface area contributed by atoms with Gasteiger partial charge >= 0.3 is 5.97 Å². The van der Waals surface area contributed by atoms with E-state index in [1.807, 2.05) is 30.3 Å². The Labute approximate surface area is 166 Å². The molecular formula is C20H19N5O4. The molecule has 0 aliphatic carbocycles. The minimum atomic E-state index is -0.796. The maximum Gasteiger partial charge on any atom is 0.331 e. The van der Waals surface area contributed by atoms with E-state index in [0.717, 1.165) is 5.56 Å². The second-order valence-electron chi connectivity index (χ2n) is 6.28. The molecule has 1 aromatic heterocycles. The van der Waals surface area contributed by atoms with Crippen molar-refractivity contribution in [3.05, 3.63) is 72.1 Å². The summed E-state index contributed by atoms with van der Waals surface area (Å²) in [7, 11) is 0. The molecule has 1 N–H and O–H groups in total. The molecule has 0 unspecified atom stereocenters. The highest BCUT2D eigenvalue weighted by Crippen LogP contribution is 2.15. The van der Waals surface area contributed by atoms with Crippen LogP contribution >= 0.6 is 0 Å². The number of benzene rings is 2. The fourth-order valence-corrected chi connectivity index (χ4v) is 2.65. The summed E-state index contributed by atoms with van der Waals surface area (Å²) in [5, 5.41) is 13.5. The summed E-state index contributed by atoms with van der Waals surface area (Å²) in [6.07, 6.45) is 1.64. The first kappa shape index (κ1) is 19.9. The maximum absolute atomic E-state index is 12.6. The molecule has 2 aromatic carbocycles. The molecule has 0 spiro atoms. The molecule has 3 rings (SSSR count). The number of rotatable bonds is 8. The molecule has 3 aromatic rings. The molecule has 9 heteroatoms. The van der Waals surface area contributed by atoms with Crippen LogP contribution in [0.5, 0.6) is 0 Å². The van der Waals surface area contributed by atoms with Gasteiger partial charge in [-0.15, -0.1) is 5.10 Å². The lowest BCUT2D eigenvalue weighted by Crippen LogP contribution is -2.28. The van der Waals surface area contributed by atoms with Crippen LogP contribution in [0.1, 0.15) is 28.9 Å². The van der Waals surface area contributed by atoms with E-state index in [-0.39, 0.29) is 5.78 Å². The van der Waals surface area contributed by atoms with E-state index in [0.29, 0.717) is 17.7 Å². The third-order valence-electron chi connectivity index (χ3n) is 4.15. The predicted octanol–water partition coefficient (Wildman–Crippen LogP) is 1.84. The Morgan fingerprint density at radius 2 is 1.79 bits per heavy atom. The van der Waals surface area contributed by atoms with E-state index < -0.39 is 24.5 Å². The molecule has 9 nitrogen and oxygen atoms in total. The van der Waals surface area contributed by atoms with E-state index >= 15 is 0 Å². The van der Waals surface area contributed by atoms with E-state index in [4.69, 9.17) is 4.74 Å². The molecule has 0 bridgehead atoms. The number of carbonyl (C=O) groups is 3. The number of ether oxygens (including phenoxy) is 1. The van der Waals surface area contributed by atoms with Gasteiger partial charge in [-0.25, -0.2) is 9.48 Å². The van der Waals surface area contributed by atoms with Crippen LogP contribution in [-0.4, -0.2) is 44.5 Å². The van der Waals surface area contributed by atoms with Gasteiger partial charge in [-0.3, -0.25) is 9.59 Å². The van der Waals surface area contributed by atoms with Crippen molar-refractivity contribution in [3.8, 4) is 0 Å². The van der Waals surface area contributed by atoms with Crippen molar-refractivity contribution in [1.82, 2.24) is 20.2 Å². The Kier molecular flexibility index (Phi) is 6.41. The first-order valence-electron chi connectivity index (χ1n) is 8.87. The van der Waals surface area contributed by atoms with Crippen molar-refractivity contribution in [2.24, 2.45) is 0 Å². The Bertz CT molecular complexity index is 972. The second-order valence-corrected chi connectivity index (χ2v) is 6.28. The van der Waals surface area contributed by atoms with Crippen LogP contribution in [0.2, 0.25) is 0 Å². The number of nitrogens with one attached hydrogen (secondary N) is 1. The molecule has 0 saturated carbocycles. The first-order valence-corrected chi connectivity index (χ1v) is 8.87. The highest BCUT2D eigenvalue weighted by Gasteiger charge is 2.24. The molecule has 1 atom stereocenters. The summed E-state index contributed by atoms with van der Waals surface area (Å²) in [4.78, 5) is 36.0. The van der Waals surface area contributed by atoms with Gasteiger partial charge in [0.25, 0.3) is 5.91 Å². The van der Waals surface area contributed by atoms with Crippen LogP contribution in [0.15, 0.2) is 60.9 Å². The van der Waals surface area contributed by atoms with Crippen molar-refractivity contribution in [2.45, 2.75) is 19.4 Å². The van der Waals surface area contributed by atoms with Crippen molar-refractivity contribution < 1.29 is 19.1 Å². The minimum Gasteiger partial charge on any atom is -0.454 e. The van der Waals surface area contributed by atoms with Crippen LogP contribution in [0.4, 0.5) is 5.69 Å². The van der Waals surface area contributed by atoms with Gasteiger partial charge in [0.15, 0.2) is 18.4 Å². The normalized spacial score (nSPS) is 11.5. The summed E-state index contributed by atoms with van der Waals surface area (Å²) in [6, 6.07) is 15.0. The molecule has 0 aliphatic rings. The summed E-state index contributed by atoms with van der Waals surface area (Å²) in [6.45, 7) is 1.00. The third-order valence-corrected chi connectivity index (χ3v) is 4.15. The second kappa shape index (κ2) is 9.36. The van der Waals surface area contributed by atoms with Gasteiger partial charge < -0.3 is 10.1 Å². The van der Waals surface area contributed by atoms with Gasteiger partial charge in [-0.1, -0.05) is 30.3 Å². The first-order chi connectivity index (χ1) is 14.0. The fourth-order valence-electron chi connectivity index (χ4n) is 2.65. The monoisotopic (exact) mass is 393 g/mol. The lowest BCUT2D eigenvalue weighted by molar-refractivity contribution is -0.151. The number of amides is 1. The van der Waals surface area contributed by atoms with E-state index in [1.165, 1.54) is 17.9 Å². The van der Waals surface area contributed by atoms with Crippen LogP contribution in [0.25, 0.3) is 0 Å². The average Bonchev–Trinajstić information content (AvgIpc) is 3.26. The number of ketones is 1. The highest BCUT2D eigenvalue weighted by atomic mass is 16.5. The Balaban J connectivity index is 1.59. The molecule has 0 radical (unpaired) electrons. The van der Waals surface area contributed by atoms with Crippen molar-refractivity contribution in [3.63, 3.8) is 0 Å². The van der Waals surface area contributed by atoms with Gasteiger partial charge in [0.2, 0.25) is 0 Å². The summed E-state index contributed by atoms with van der Waals surface area (Å²) >= 11 is 0. The molecule has 29 heavy (non-hydrogen) atoms. The van der Waals surface area contributed by atoms with Gasteiger partial charge in [0.05, 0.1) is 0 Å². The van der Waals surface area contributed by atoms with E-state index in [1.54, 1.807) is 24.3 Å². The summed E-state index contributed by atoms with van der Waals surface area (Å²) in [5.74, 6) is -1.18. The average molecular weight is 393 g/mol. The number of hydrogen-bond donors (Lipinski definition) is 1. The minimum absolute atomic E-state index is 0.0659. The smallest absolute Gasteiger partial charge is 0.331 e. The van der Waals surface area contributed by atoms with Crippen LogP contribution in [0.3, 0.4) is 0 Å². The quantitative estimate of drug-likeness (QED) is 0.458.